The van der Waals surface area contributed by atoms with Crippen LogP contribution in [0.4, 0.5) is 0 Å². The maximum absolute atomic E-state index is 13.2. The Labute approximate surface area is 161 Å². The van der Waals surface area contributed by atoms with Crippen LogP contribution in [0.1, 0.15) is 26.3 Å². The normalized spacial score (nSPS) is 18.9. The molecule has 1 fully saturated rings. The SMILES string of the molecule is CCOc1ccc(C2=C(N3CCN(C)CC3)C(=O)N(CC(C)C)C2=O)cc1. The molecule has 2 aliphatic rings. The van der Waals surface area contributed by atoms with Crippen molar-refractivity contribution in [1.29, 1.82) is 0 Å². The summed E-state index contributed by atoms with van der Waals surface area (Å²) in [6, 6.07) is 7.47. The highest BCUT2D eigenvalue weighted by molar-refractivity contribution is 6.35. The molecule has 1 aromatic carbocycles. The van der Waals surface area contributed by atoms with Gasteiger partial charge in [0.05, 0.1) is 12.2 Å². The van der Waals surface area contributed by atoms with Gasteiger partial charge < -0.3 is 14.5 Å². The number of benzene rings is 1. The maximum Gasteiger partial charge on any atom is 0.277 e. The first-order valence-electron chi connectivity index (χ1n) is 9.69. The Kier molecular flexibility index (Phi) is 5.85. The molecule has 2 amide bonds. The van der Waals surface area contributed by atoms with Crippen molar-refractivity contribution >= 4 is 17.4 Å². The second-order valence-corrected chi connectivity index (χ2v) is 7.59. The summed E-state index contributed by atoms with van der Waals surface area (Å²) in [6.07, 6.45) is 0. The van der Waals surface area contributed by atoms with E-state index in [0.29, 0.717) is 24.4 Å². The van der Waals surface area contributed by atoms with E-state index in [1.54, 1.807) is 0 Å². The Hall–Kier alpha value is -2.34. The van der Waals surface area contributed by atoms with Crippen molar-refractivity contribution in [3.8, 4) is 5.75 Å². The minimum absolute atomic E-state index is 0.165. The van der Waals surface area contributed by atoms with E-state index in [9.17, 15) is 9.59 Å². The van der Waals surface area contributed by atoms with Crippen LogP contribution in [0.15, 0.2) is 30.0 Å². The van der Waals surface area contributed by atoms with Gasteiger partial charge in [-0.1, -0.05) is 26.0 Å². The van der Waals surface area contributed by atoms with Gasteiger partial charge in [-0.15, -0.1) is 0 Å². The van der Waals surface area contributed by atoms with Crippen molar-refractivity contribution in [3.05, 3.63) is 35.5 Å². The van der Waals surface area contributed by atoms with Gasteiger partial charge in [-0.25, -0.2) is 0 Å². The molecule has 1 aromatic rings. The first-order valence-corrected chi connectivity index (χ1v) is 9.69. The van der Waals surface area contributed by atoms with E-state index in [-0.39, 0.29) is 17.7 Å². The topological polar surface area (TPSA) is 53.1 Å². The molecule has 0 aliphatic carbocycles. The number of piperazine rings is 1. The summed E-state index contributed by atoms with van der Waals surface area (Å²) in [4.78, 5) is 32.0. The largest absolute Gasteiger partial charge is 0.494 e. The Balaban J connectivity index is 1.99. The summed E-state index contributed by atoms with van der Waals surface area (Å²) >= 11 is 0. The molecule has 0 spiro atoms. The van der Waals surface area contributed by atoms with Crippen molar-refractivity contribution in [2.45, 2.75) is 20.8 Å². The molecule has 27 heavy (non-hydrogen) atoms. The van der Waals surface area contributed by atoms with Gasteiger partial charge in [0, 0.05) is 32.7 Å². The fourth-order valence-corrected chi connectivity index (χ4v) is 3.56. The highest BCUT2D eigenvalue weighted by Gasteiger charge is 2.42. The summed E-state index contributed by atoms with van der Waals surface area (Å²) in [7, 11) is 2.08. The zero-order chi connectivity index (χ0) is 19.6. The fraction of sp³-hybridized carbons (Fsp3) is 0.524. The number of rotatable bonds is 6. The molecule has 1 saturated heterocycles. The van der Waals surface area contributed by atoms with Crippen molar-refractivity contribution < 1.29 is 14.3 Å². The summed E-state index contributed by atoms with van der Waals surface area (Å²) in [5.74, 6) is 0.638. The second kappa shape index (κ2) is 8.13. The number of hydrogen-bond acceptors (Lipinski definition) is 5. The van der Waals surface area contributed by atoms with Gasteiger partial charge in [0.2, 0.25) is 0 Å². The number of ether oxygens (including phenoxy) is 1. The lowest BCUT2D eigenvalue weighted by atomic mass is 10.0. The predicted molar refractivity (Wildman–Crippen MR) is 105 cm³/mol. The molecular weight excluding hydrogens is 342 g/mol. The monoisotopic (exact) mass is 371 g/mol. The first kappa shape index (κ1) is 19.4. The van der Waals surface area contributed by atoms with Crippen molar-refractivity contribution in [1.82, 2.24) is 14.7 Å². The third kappa shape index (κ3) is 4.00. The number of amides is 2. The van der Waals surface area contributed by atoms with Crippen LogP contribution in [0, 0.1) is 5.92 Å². The van der Waals surface area contributed by atoms with E-state index in [1.807, 2.05) is 45.0 Å². The number of hydrogen-bond donors (Lipinski definition) is 0. The van der Waals surface area contributed by atoms with Gasteiger partial charge in [-0.3, -0.25) is 14.5 Å². The Bertz CT molecular complexity index is 732. The molecule has 0 unspecified atom stereocenters. The van der Waals surface area contributed by atoms with Gasteiger partial charge in [-0.2, -0.15) is 0 Å². The number of carbonyl (C=O) groups excluding carboxylic acids is 2. The number of carbonyl (C=O) groups is 2. The smallest absolute Gasteiger partial charge is 0.277 e. The van der Waals surface area contributed by atoms with Gasteiger partial charge in [0.15, 0.2) is 0 Å². The van der Waals surface area contributed by atoms with Crippen LogP contribution in [0.3, 0.4) is 0 Å². The van der Waals surface area contributed by atoms with Gasteiger partial charge in [0.25, 0.3) is 11.8 Å². The van der Waals surface area contributed by atoms with Crippen LogP contribution in [0.2, 0.25) is 0 Å². The van der Waals surface area contributed by atoms with E-state index < -0.39 is 0 Å². The number of nitrogens with zero attached hydrogens (tertiary/aromatic N) is 3. The summed E-state index contributed by atoms with van der Waals surface area (Å²) in [6.45, 7) is 10.3. The predicted octanol–water partition coefficient (Wildman–Crippen LogP) is 2.07. The quantitative estimate of drug-likeness (QED) is 0.717. The lowest BCUT2D eigenvalue weighted by Gasteiger charge is -2.34. The molecule has 3 rings (SSSR count). The third-order valence-corrected chi connectivity index (χ3v) is 4.96. The lowest BCUT2D eigenvalue weighted by molar-refractivity contribution is -0.138. The average molecular weight is 371 g/mol. The second-order valence-electron chi connectivity index (χ2n) is 7.59. The van der Waals surface area contributed by atoms with Crippen LogP contribution in [-0.2, 0) is 9.59 Å². The molecule has 6 nitrogen and oxygen atoms in total. The molecule has 0 atom stereocenters. The molecule has 0 N–H and O–H groups in total. The zero-order valence-corrected chi connectivity index (χ0v) is 16.7. The highest BCUT2D eigenvalue weighted by atomic mass is 16.5. The molecule has 0 aromatic heterocycles. The molecule has 0 saturated carbocycles. The number of likely N-dealkylation sites (N-methyl/N-ethyl adjacent to an activating group) is 1. The van der Waals surface area contributed by atoms with E-state index in [2.05, 4.69) is 16.8 Å². The molecule has 0 radical (unpaired) electrons. The summed E-state index contributed by atoms with van der Waals surface area (Å²) in [5, 5.41) is 0. The van der Waals surface area contributed by atoms with Crippen molar-refractivity contribution in [2.24, 2.45) is 5.92 Å². The number of imide groups is 1. The third-order valence-electron chi connectivity index (χ3n) is 4.96. The van der Waals surface area contributed by atoms with Crippen molar-refractivity contribution in [3.63, 3.8) is 0 Å². The van der Waals surface area contributed by atoms with Gasteiger partial charge >= 0.3 is 0 Å². The molecule has 2 heterocycles. The van der Waals surface area contributed by atoms with Gasteiger partial charge in [-0.05, 0) is 37.6 Å². The van der Waals surface area contributed by atoms with E-state index in [4.69, 9.17) is 4.74 Å². The summed E-state index contributed by atoms with van der Waals surface area (Å²) < 4.78 is 5.51. The Morgan fingerprint density at radius 1 is 1.00 bits per heavy atom. The van der Waals surface area contributed by atoms with Crippen LogP contribution < -0.4 is 4.74 Å². The van der Waals surface area contributed by atoms with Crippen molar-refractivity contribution in [2.75, 3.05) is 46.4 Å². The standard InChI is InChI=1S/C21H29N3O3/c1-5-27-17-8-6-16(7-9-17)18-19(23-12-10-22(4)11-13-23)21(26)24(20(18)25)14-15(2)3/h6-9,15H,5,10-14H2,1-4H3. The van der Waals surface area contributed by atoms with Crippen LogP contribution >= 0.6 is 0 Å². The lowest BCUT2D eigenvalue weighted by Crippen LogP contribution is -2.46. The zero-order valence-electron chi connectivity index (χ0n) is 16.7. The highest BCUT2D eigenvalue weighted by Crippen LogP contribution is 2.33. The summed E-state index contributed by atoms with van der Waals surface area (Å²) in [5.41, 5.74) is 1.85. The molecular formula is C21H29N3O3. The minimum atomic E-state index is -0.188. The minimum Gasteiger partial charge on any atom is -0.494 e. The maximum atomic E-state index is 13.2. The van der Waals surface area contributed by atoms with Crippen LogP contribution in [0.5, 0.6) is 5.75 Å². The van der Waals surface area contributed by atoms with Crippen LogP contribution in [0.25, 0.3) is 5.57 Å². The molecule has 2 aliphatic heterocycles. The molecule has 146 valence electrons. The van der Waals surface area contributed by atoms with E-state index in [0.717, 1.165) is 37.5 Å². The molecule has 0 bridgehead atoms. The van der Waals surface area contributed by atoms with E-state index in [1.165, 1.54) is 4.90 Å². The average Bonchev–Trinajstić information content (AvgIpc) is 2.88. The Morgan fingerprint density at radius 2 is 1.63 bits per heavy atom. The Morgan fingerprint density at radius 3 is 2.19 bits per heavy atom. The van der Waals surface area contributed by atoms with E-state index >= 15 is 0 Å². The molecule has 6 heteroatoms. The van der Waals surface area contributed by atoms with Gasteiger partial charge in [0.1, 0.15) is 11.4 Å². The first-order chi connectivity index (χ1) is 12.9. The van der Waals surface area contributed by atoms with Crippen LogP contribution in [-0.4, -0.2) is 72.9 Å². The fourth-order valence-electron chi connectivity index (χ4n) is 3.56.